The summed E-state index contributed by atoms with van der Waals surface area (Å²) in [6.45, 7) is 0.472. The number of para-hydroxylation sites is 1. The van der Waals surface area contributed by atoms with Crippen molar-refractivity contribution in [3.63, 3.8) is 0 Å². The Morgan fingerprint density at radius 2 is 2.27 bits per heavy atom. The standard InChI is InChI=1S/C11H10N2O2/c14-11(15)6-3-7-13-10-5-2-1-4-9(10)8-12-13/h1-6,8H,7H2,(H,14,15)/b6-3+. The minimum atomic E-state index is -0.938. The van der Waals surface area contributed by atoms with Gasteiger partial charge in [0.05, 0.1) is 18.3 Å². The molecule has 4 nitrogen and oxygen atoms in total. The molecule has 0 atom stereocenters. The van der Waals surface area contributed by atoms with Crippen LogP contribution in [0.3, 0.4) is 0 Å². The number of aromatic nitrogens is 2. The largest absolute Gasteiger partial charge is 0.478 e. The number of hydrogen-bond acceptors (Lipinski definition) is 2. The Hall–Kier alpha value is -2.10. The van der Waals surface area contributed by atoms with E-state index in [9.17, 15) is 4.79 Å². The fraction of sp³-hybridized carbons (Fsp3) is 0.0909. The number of carboxylic acids is 1. The van der Waals surface area contributed by atoms with Crippen LogP contribution in [0.2, 0.25) is 0 Å². The van der Waals surface area contributed by atoms with E-state index in [4.69, 9.17) is 5.11 Å². The summed E-state index contributed by atoms with van der Waals surface area (Å²) in [6.07, 6.45) is 4.46. The van der Waals surface area contributed by atoms with Crippen molar-refractivity contribution in [2.45, 2.75) is 6.54 Å². The number of nitrogens with zero attached hydrogens (tertiary/aromatic N) is 2. The minimum Gasteiger partial charge on any atom is -0.478 e. The van der Waals surface area contributed by atoms with Gasteiger partial charge < -0.3 is 5.11 Å². The molecule has 1 aromatic carbocycles. The zero-order valence-corrected chi connectivity index (χ0v) is 8.00. The SMILES string of the molecule is O=C(O)/C=C/Cn1ncc2ccccc21. The molecule has 4 heteroatoms. The number of benzene rings is 1. The van der Waals surface area contributed by atoms with Crippen molar-refractivity contribution in [3.05, 3.63) is 42.6 Å². The van der Waals surface area contributed by atoms with Gasteiger partial charge in [-0.25, -0.2) is 4.79 Å². The lowest BCUT2D eigenvalue weighted by molar-refractivity contribution is -0.131. The smallest absolute Gasteiger partial charge is 0.328 e. The highest BCUT2D eigenvalue weighted by Gasteiger charge is 1.98. The van der Waals surface area contributed by atoms with Gasteiger partial charge in [0.25, 0.3) is 0 Å². The summed E-state index contributed by atoms with van der Waals surface area (Å²) in [6, 6.07) is 7.81. The van der Waals surface area contributed by atoms with Crippen LogP contribution in [0, 0.1) is 0 Å². The Morgan fingerprint density at radius 3 is 3.07 bits per heavy atom. The molecule has 0 aliphatic carbocycles. The molecule has 2 rings (SSSR count). The average molecular weight is 202 g/mol. The molecule has 0 bridgehead atoms. The van der Waals surface area contributed by atoms with E-state index in [1.165, 1.54) is 0 Å². The van der Waals surface area contributed by atoms with Gasteiger partial charge in [-0.3, -0.25) is 4.68 Å². The molecule has 0 radical (unpaired) electrons. The summed E-state index contributed by atoms with van der Waals surface area (Å²) in [7, 11) is 0. The molecule has 15 heavy (non-hydrogen) atoms. The maximum absolute atomic E-state index is 10.3. The predicted octanol–water partition coefficient (Wildman–Crippen LogP) is 1.68. The summed E-state index contributed by atoms with van der Waals surface area (Å²) >= 11 is 0. The van der Waals surface area contributed by atoms with Crippen LogP contribution in [0.4, 0.5) is 0 Å². The summed E-state index contributed by atoms with van der Waals surface area (Å²) in [4.78, 5) is 10.3. The maximum Gasteiger partial charge on any atom is 0.328 e. The van der Waals surface area contributed by atoms with Crippen LogP contribution < -0.4 is 0 Å². The lowest BCUT2D eigenvalue weighted by Gasteiger charge is -1.97. The Morgan fingerprint density at radius 1 is 1.47 bits per heavy atom. The molecule has 0 unspecified atom stereocenters. The number of fused-ring (bicyclic) bond motifs is 1. The molecule has 0 aliphatic rings. The van der Waals surface area contributed by atoms with Crippen molar-refractivity contribution in [1.29, 1.82) is 0 Å². The number of hydrogen-bond donors (Lipinski definition) is 1. The van der Waals surface area contributed by atoms with E-state index in [1.807, 2.05) is 24.3 Å². The molecule has 1 N–H and O–H groups in total. The van der Waals surface area contributed by atoms with Gasteiger partial charge in [0.1, 0.15) is 0 Å². The first-order chi connectivity index (χ1) is 7.27. The van der Waals surface area contributed by atoms with Crippen molar-refractivity contribution < 1.29 is 9.90 Å². The van der Waals surface area contributed by atoms with Crippen molar-refractivity contribution in [2.75, 3.05) is 0 Å². The van der Waals surface area contributed by atoms with Crippen LogP contribution in [0.5, 0.6) is 0 Å². The van der Waals surface area contributed by atoms with Gasteiger partial charge in [-0.05, 0) is 6.07 Å². The summed E-state index contributed by atoms with van der Waals surface area (Å²) < 4.78 is 1.76. The molecular weight excluding hydrogens is 192 g/mol. The Balaban J connectivity index is 2.25. The van der Waals surface area contributed by atoms with E-state index in [2.05, 4.69) is 5.10 Å². The third kappa shape index (κ3) is 2.04. The highest BCUT2D eigenvalue weighted by molar-refractivity contribution is 5.80. The van der Waals surface area contributed by atoms with Crippen LogP contribution in [0.15, 0.2) is 42.6 Å². The maximum atomic E-state index is 10.3. The second-order valence-electron chi connectivity index (χ2n) is 3.13. The highest BCUT2D eigenvalue weighted by atomic mass is 16.4. The van der Waals surface area contributed by atoms with Gasteiger partial charge in [-0.1, -0.05) is 24.3 Å². The van der Waals surface area contributed by atoms with E-state index in [0.29, 0.717) is 6.54 Å². The molecule has 1 aromatic heterocycles. The lowest BCUT2D eigenvalue weighted by atomic mass is 10.2. The average Bonchev–Trinajstić information content (AvgIpc) is 2.62. The van der Waals surface area contributed by atoms with Crippen LogP contribution in [-0.4, -0.2) is 20.9 Å². The topological polar surface area (TPSA) is 55.1 Å². The summed E-state index contributed by atoms with van der Waals surface area (Å²) in [5, 5.41) is 13.7. The molecule has 0 saturated heterocycles. The first kappa shape index (κ1) is 9.45. The molecular formula is C11H10N2O2. The first-order valence-corrected chi connectivity index (χ1v) is 4.57. The van der Waals surface area contributed by atoms with Crippen molar-refractivity contribution in [2.24, 2.45) is 0 Å². The molecule has 1 heterocycles. The third-order valence-corrected chi connectivity index (χ3v) is 2.09. The predicted molar refractivity (Wildman–Crippen MR) is 56.5 cm³/mol. The van der Waals surface area contributed by atoms with Gasteiger partial charge in [0.15, 0.2) is 0 Å². The molecule has 0 spiro atoms. The molecule has 2 aromatic rings. The van der Waals surface area contributed by atoms with E-state index < -0.39 is 5.97 Å². The quantitative estimate of drug-likeness (QED) is 0.770. The van der Waals surface area contributed by atoms with Gasteiger partial charge in [0.2, 0.25) is 0 Å². The number of rotatable bonds is 3. The molecule has 0 amide bonds. The fourth-order valence-electron chi connectivity index (χ4n) is 1.42. The summed E-state index contributed by atoms with van der Waals surface area (Å²) in [5.41, 5.74) is 1.01. The van der Waals surface area contributed by atoms with Crippen molar-refractivity contribution >= 4 is 16.9 Å². The Labute approximate surface area is 86.4 Å². The number of carbonyl (C=O) groups is 1. The van der Waals surface area contributed by atoms with Gasteiger partial charge in [-0.2, -0.15) is 5.10 Å². The lowest BCUT2D eigenvalue weighted by Crippen LogP contribution is -1.97. The number of aliphatic carboxylic acids is 1. The second kappa shape index (κ2) is 3.96. The Kier molecular flexibility index (Phi) is 2.49. The number of carboxylic acid groups (broad SMARTS) is 1. The highest BCUT2D eigenvalue weighted by Crippen LogP contribution is 2.12. The zero-order valence-electron chi connectivity index (χ0n) is 8.00. The number of allylic oxidation sites excluding steroid dienone is 1. The van der Waals surface area contributed by atoms with Crippen molar-refractivity contribution in [1.82, 2.24) is 9.78 Å². The Bertz CT molecular complexity index is 514. The van der Waals surface area contributed by atoms with E-state index >= 15 is 0 Å². The minimum absolute atomic E-state index is 0.472. The molecule has 0 fully saturated rings. The molecule has 76 valence electrons. The van der Waals surface area contributed by atoms with Gasteiger partial charge in [0, 0.05) is 11.5 Å². The van der Waals surface area contributed by atoms with Crippen LogP contribution in [0.25, 0.3) is 10.9 Å². The zero-order chi connectivity index (χ0) is 10.7. The fourth-order valence-corrected chi connectivity index (χ4v) is 1.42. The molecule has 0 saturated carbocycles. The van der Waals surface area contributed by atoms with Crippen molar-refractivity contribution in [3.8, 4) is 0 Å². The second-order valence-corrected chi connectivity index (χ2v) is 3.13. The molecule has 0 aliphatic heterocycles. The third-order valence-electron chi connectivity index (χ3n) is 2.09. The normalized spacial score (nSPS) is 11.2. The summed E-state index contributed by atoms with van der Waals surface area (Å²) in [5.74, 6) is -0.938. The van der Waals surface area contributed by atoms with E-state index in [1.54, 1.807) is 17.0 Å². The monoisotopic (exact) mass is 202 g/mol. The van der Waals surface area contributed by atoms with E-state index in [0.717, 1.165) is 17.0 Å². The van der Waals surface area contributed by atoms with Crippen LogP contribution in [-0.2, 0) is 11.3 Å². The first-order valence-electron chi connectivity index (χ1n) is 4.57. The van der Waals surface area contributed by atoms with Gasteiger partial charge >= 0.3 is 5.97 Å². The van der Waals surface area contributed by atoms with Gasteiger partial charge in [-0.15, -0.1) is 0 Å². The van der Waals surface area contributed by atoms with Crippen LogP contribution in [0.1, 0.15) is 0 Å². The van der Waals surface area contributed by atoms with Crippen LogP contribution >= 0.6 is 0 Å². The van der Waals surface area contributed by atoms with E-state index in [-0.39, 0.29) is 0 Å².